The molecule has 0 aliphatic carbocycles. The molecule has 0 heterocycles. The molecular formula is C8H24N2O. The molecule has 0 aromatic heterocycles. The quantitative estimate of drug-likeness (QED) is 0.568. The highest BCUT2D eigenvalue weighted by molar-refractivity contribution is 5.72. The van der Waals surface area contributed by atoms with Crippen LogP contribution in [0.4, 0.5) is 0 Å². The van der Waals surface area contributed by atoms with Gasteiger partial charge in [0, 0.05) is 14.0 Å². The van der Waals surface area contributed by atoms with E-state index in [2.05, 4.69) is 11.1 Å². The van der Waals surface area contributed by atoms with Crippen LogP contribution in [0.15, 0.2) is 0 Å². The van der Waals surface area contributed by atoms with Gasteiger partial charge in [0.05, 0.1) is 0 Å². The Hall–Kier alpha value is -0.570. The zero-order valence-electron chi connectivity index (χ0n) is 8.99. The monoisotopic (exact) mass is 164 g/mol. The van der Waals surface area contributed by atoms with Crippen molar-refractivity contribution in [3.63, 3.8) is 0 Å². The molecule has 0 unspecified atom stereocenters. The van der Waals surface area contributed by atoms with E-state index in [-0.39, 0.29) is 5.91 Å². The van der Waals surface area contributed by atoms with E-state index in [1.165, 1.54) is 14.0 Å². The van der Waals surface area contributed by atoms with E-state index in [4.69, 9.17) is 0 Å². The highest BCUT2D eigenvalue weighted by Crippen LogP contribution is 1.45. The second-order valence-electron chi connectivity index (χ2n) is 0.806. The van der Waals surface area contributed by atoms with Crippen LogP contribution in [-0.2, 0) is 4.79 Å². The molecule has 0 rings (SSSR count). The Bertz CT molecular complexity index is 47.4. The molecule has 0 saturated heterocycles. The fraction of sp³-hybridized carbons (Fsp3) is 0.875. The number of amides is 1. The van der Waals surface area contributed by atoms with Gasteiger partial charge in [-0.2, -0.15) is 0 Å². The Kier molecular flexibility index (Phi) is 116. The van der Waals surface area contributed by atoms with Gasteiger partial charge >= 0.3 is 0 Å². The van der Waals surface area contributed by atoms with Gasteiger partial charge in [-0.25, -0.2) is 0 Å². The minimum atomic E-state index is 0.00463. The first-order chi connectivity index (χ1) is 5.27. The number of nitrogens with two attached hydrogens (primary N) is 1. The van der Waals surface area contributed by atoms with Gasteiger partial charge in [-0.1, -0.05) is 27.7 Å². The average Bonchev–Trinajstić information content (AvgIpc) is 2.15. The largest absolute Gasteiger partial charge is 0.359 e. The van der Waals surface area contributed by atoms with Crippen molar-refractivity contribution in [3.05, 3.63) is 0 Å². The van der Waals surface area contributed by atoms with Crippen molar-refractivity contribution in [3.8, 4) is 0 Å². The molecule has 0 radical (unpaired) electrons. The van der Waals surface area contributed by atoms with Crippen molar-refractivity contribution in [2.75, 3.05) is 14.1 Å². The Morgan fingerprint density at radius 1 is 1.09 bits per heavy atom. The first-order valence-electron chi connectivity index (χ1n) is 4.03. The Morgan fingerprint density at radius 3 is 1.18 bits per heavy atom. The van der Waals surface area contributed by atoms with Crippen LogP contribution in [0.1, 0.15) is 34.6 Å². The first kappa shape index (κ1) is 22.4. The smallest absolute Gasteiger partial charge is 0.216 e. The predicted octanol–water partition coefficient (Wildman–Crippen LogP) is 1.38. The SMILES string of the molecule is CC.CC.CN.CNC(C)=O. The third kappa shape index (κ3) is 255. The molecule has 3 nitrogen and oxygen atoms in total. The summed E-state index contributed by atoms with van der Waals surface area (Å²) in [6.45, 7) is 9.47. The van der Waals surface area contributed by atoms with E-state index in [1.807, 2.05) is 27.7 Å². The van der Waals surface area contributed by atoms with Crippen LogP contribution in [0.2, 0.25) is 0 Å². The number of carbonyl (C=O) groups excluding carboxylic acids is 1. The maximum absolute atomic E-state index is 9.70. The van der Waals surface area contributed by atoms with Crippen LogP contribution >= 0.6 is 0 Å². The zero-order valence-corrected chi connectivity index (χ0v) is 8.99. The van der Waals surface area contributed by atoms with E-state index in [0.717, 1.165) is 0 Å². The number of hydrogen-bond acceptors (Lipinski definition) is 2. The highest BCUT2D eigenvalue weighted by Gasteiger charge is 1.72. The van der Waals surface area contributed by atoms with E-state index >= 15 is 0 Å². The second kappa shape index (κ2) is 57.0. The molecule has 0 aromatic carbocycles. The molecule has 1 amide bonds. The molecule has 0 fully saturated rings. The summed E-state index contributed by atoms with van der Waals surface area (Å²) >= 11 is 0. The van der Waals surface area contributed by atoms with Gasteiger partial charge < -0.3 is 11.1 Å². The maximum atomic E-state index is 9.70. The van der Waals surface area contributed by atoms with Crippen molar-refractivity contribution < 1.29 is 4.79 Å². The molecule has 0 aliphatic heterocycles. The van der Waals surface area contributed by atoms with Crippen LogP contribution < -0.4 is 11.1 Å². The van der Waals surface area contributed by atoms with Gasteiger partial charge in [0.15, 0.2) is 0 Å². The van der Waals surface area contributed by atoms with E-state index in [0.29, 0.717) is 0 Å². The topological polar surface area (TPSA) is 55.1 Å². The van der Waals surface area contributed by atoms with Crippen molar-refractivity contribution in [2.24, 2.45) is 5.73 Å². The minimum absolute atomic E-state index is 0.00463. The summed E-state index contributed by atoms with van der Waals surface area (Å²) in [5.74, 6) is 0.00463. The summed E-state index contributed by atoms with van der Waals surface area (Å²) < 4.78 is 0. The van der Waals surface area contributed by atoms with E-state index in [9.17, 15) is 4.79 Å². The maximum Gasteiger partial charge on any atom is 0.216 e. The number of hydrogen-bond donors (Lipinski definition) is 2. The van der Waals surface area contributed by atoms with Gasteiger partial charge in [-0.15, -0.1) is 0 Å². The van der Waals surface area contributed by atoms with E-state index < -0.39 is 0 Å². The average molecular weight is 164 g/mol. The van der Waals surface area contributed by atoms with Gasteiger partial charge in [-0.3, -0.25) is 4.79 Å². The van der Waals surface area contributed by atoms with Crippen LogP contribution in [-0.4, -0.2) is 20.0 Å². The number of nitrogens with one attached hydrogen (secondary N) is 1. The molecule has 3 heteroatoms. The first-order valence-corrected chi connectivity index (χ1v) is 4.03. The van der Waals surface area contributed by atoms with Crippen LogP contribution in [0, 0.1) is 0 Å². The summed E-state index contributed by atoms with van der Waals surface area (Å²) in [6, 6.07) is 0. The highest BCUT2D eigenvalue weighted by atomic mass is 16.1. The van der Waals surface area contributed by atoms with Gasteiger partial charge in [0.1, 0.15) is 0 Å². The van der Waals surface area contributed by atoms with Crippen molar-refractivity contribution in [2.45, 2.75) is 34.6 Å². The lowest BCUT2D eigenvalue weighted by molar-refractivity contribution is -0.118. The lowest BCUT2D eigenvalue weighted by Gasteiger charge is -1.80. The van der Waals surface area contributed by atoms with Gasteiger partial charge in [0.2, 0.25) is 5.91 Å². The van der Waals surface area contributed by atoms with Crippen LogP contribution in [0.25, 0.3) is 0 Å². The number of carbonyl (C=O) groups is 1. The molecular weight excluding hydrogens is 140 g/mol. The second-order valence-corrected chi connectivity index (χ2v) is 0.806. The Balaban J connectivity index is -0.0000000350. The summed E-state index contributed by atoms with van der Waals surface area (Å²) in [7, 11) is 3.10. The molecule has 72 valence electrons. The van der Waals surface area contributed by atoms with Crippen LogP contribution in [0.5, 0.6) is 0 Å². The molecule has 0 bridgehead atoms. The standard InChI is InChI=1S/C3H7NO.2C2H6.CH5N/c1-3(5)4-2;3*1-2/h1-2H3,(H,4,5);2*1-2H3;2H2,1H3. The van der Waals surface area contributed by atoms with E-state index in [1.54, 1.807) is 7.05 Å². The van der Waals surface area contributed by atoms with Crippen molar-refractivity contribution in [1.82, 2.24) is 5.32 Å². The minimum Gasteiger partial charge on any atom is -0.359 e. The molecule has 0 atom stereocenters. The van der Waals surface area contributed by atoms with Gasteiger partial charge in [-0.05, 0) is 7.05 Å². The summed E-state index contributed by atoms with van der Waals surface area (Å²) in [6.07, 6.45) is 0. The Labute approximate surface area is 71.4 Å². The van der Waals surface area contributed by atoms with Crippen molar-refractivity contribution >= 4 is 5.91 Å². The molecule has 3 N–H and O–H groups in total. The van der Waals surface area contributed by atoms with Gasteiger partial charge in [0.25, 0.3) is 0 Å². The van der Waals surface area contributed by atoms with Crippen molar-refractivity contribution in [1.29, 1.82) is 0 Å². The molecule has 0 aliphatic rings. The summed E-state index contributed by atoms with van der Waals surface area (Å²) in [5, 5.41) is 2.39. The Morgan fingerprint density at radius 2 is 1.18 bits per heavy atom. The van der Waals surface area contributed by atoms with Crippen LogP contribution in [0.3, 0.4) is 0 Å². The molecule has 0 aromatic rings. The fourth-order valence-electron chi connectivity index (χ4n) is 0. The molecule has 11 heavy (non-hydrogen) atoms. The third-order valence-electron chi connectivity index (χ3n) is 0.352. The predicted molar refractivity (Wildman–Crippen MR) is 52.5 cm³/mol. The zero-order chi connectivity index (χ0) is 10.3. The summed E-state index contributed by atoms with van der Waals surface area (Å²) in [5.41, 5.74) is 4.50. The third-order valence-corrected chi connectivity index (χ3v) is 0.352. The number of rotatable bonds is 0. The molecule has 0 saturated carbocycles. The summed E-state index contributed by atoms with van der Waals surface area (Å²) in [4.78, 5) is 9.70. The molecule has 0 spiro atoms. The lowest BCUT2D eigenvalue weighted by Crippen LogP contribution is -2.11. The fourth-order valence-corrected chi connectivity index (χ4v) is 0. The lowest BCUT2D eigenvalue weighted by atomic mass is 10.7. The normalized spacial score (nSPS) is 4.73.